The van der Waals surface area contributed by atoms with E-state index >= 15 is 0 Å². The number of benzene rings is 9. The second-order valence-electron chi connectivity index (χ2n) is 15.0. The van der Waals surface area contributed by atoms with Gasteiger partial charge in [0, 0.05) is 43.1 Å². The van der Waals surface area contributed by atoms with E-state index in [-0.39, 0.29) is 0 Å². The molecule has 0 aliphatic carbocycles. The van der Waals surface area contributed by atoms with E-state index in [2.05, 4.69) is 133 Å². The largest absolute Gasteiger partial charge is 0.246 e. The molecule has 0 radical (unpaired) electrons. The average molecular weight is 769 g/mol. The van der Waals surface area contributed by atoms with Gasteiger partial charge >= 0.3 is 0 Å². The first-order chi connectivity index (χ1) is 29.2. The topological polar surface area (TPSA) is 51.6 Å². The van der Waals surface area contributed by atoms with E-state index in [4.69, 9.17) is 19.9 Å². The van der Waals surface area contributed by atoms with Crippen LogP contribution in [0.3, 0.4) is 0 Å². The Balaban J connectivity index is 1.01. The molecular weight excluding hydrogens is 737 g/mol. The zero-order chi connectivity index (χ0) is 38.9. The van der Waals surface area contributed by atoms with Crippen LogP contribution in [0.5, 0.6) is 0 Å². The monoisotopic (exact) mass is 768 g/mol. The SMILES string of the molecule is c1ccc(-c2nc(-c3ccccc3)nc(-c3ccc(-c4nc5cc(-c6ccc7c8ccccc8c8ccccc8c7c6)ccc5c5c4sc4ccccc45)cc3)n2)cc1. The molecule has 12 aromatic rings. The van der Waals surface area contributed by atoms with Crippen LogP contribution in [0.15, 0.2) is 194 Å². The number of rotatable bonds is 5. The third kappa shape index (κ3) is 5.58. The van der Waals surface area contributed by atoms with Crippen LogP contribution >= 0.6 is 11.3 Å². The number of hydrogen-bond acceptors (Lipinski definition) is 5. The second kappa shape index (κ2) is 13.5. The van der Waals surface area contributed by atoms with Crippen molar-refractivity contribution < 1.29 is 0 Å². The number of fused-ring (bicyclic) bond motifs is 11. The molecule has 0 N–H and O–H groups in total. The van der Waals surface area contributed by atoms with E-state index < -0.39 is 0 Å². The van der Waals surface area contributed by atoms with E-state index in [1.54, 1.807) is 11.3 Å². The summed E-state index contributed by atoms with van der Waals surface area (Å²) in [5, 5.41) is 11.3. The maximum atomic E-state index is 5.49. The summed E-state index contributed by atoms with van der Waals surface area (Å²) in [7, 11) is 0. The Morgan fingerprint density at radius 1 is 0.288 bits per heavy atom. The van der Waals surface area contributed by atoms with Crippen molar-refractivity contribution in [2.45, 2.75) is 0 Å². The first-order valence-electron chi connectivity index (χ1n) is 19.8. The van der Waals surface area contributed by atoms with E-state index in [1.165, 1.54) is 58.1 Å². The molecule has 4 nitrogen and oxygen atoms in total. The van der Waals surface area contributed by atoms with Crippen molar-refractivity contribution in [1.82, 2.24) is 19.9 Å². The average Bonchev–Trinajstić information content (AvgIpc) is 3.72. The maximum absolute atomic E-state index is 5.49. The van der Waals surface area contributed by atoms with Crippen molar-refractivity contribution in [3.8, 4) is 56.5 Å². The van der Waals surface area contributed by atoms with Gasteiger partial charge in [-0.2, -0.15) is 0 Å². The van der Waals surface area contributed by atoms with Gasteiger partial charge in [0.1, 0.15) is 0 Å². The lowest BCUT2D eigenvalue weighted by atomic mass is 9.92. The Kier molecular flexibility index (Phi) is 7.68. The molecule has 0 atom stereocenters. The van der Waals surface area contributed by atoms with Crippen molar-refractivity contribution >= 4 is 74.7 Å². The van der Waals surface area contributed by atoms with E-state index in [1.807, 2.05) is 60.7 Å². The van der Waals surface area contributed by atoms with Crippen LogP contribution in [-0.4, -0.2) is 19.9 Å². The molecule has 59 heavy (non-hydrogen) atoms. The van der Waals surface area contributed by atoms with Gasteiger partial charge in [0.15, 0.2) is 17.5 Å². The third-order valence-electron chi connectivity index (χ3n) is 11.5. The smallest absolute Gasteiger partial charge is 0.164 e. The van der Waals surface area contributed by atoms with Gasteiger partial charge in [-0.1, -0.05) is 176 Å². The van der Waals surface area contributed by atoms with Crippen molar-refractivity contribution in [2.24, 2.45) is 0 Å². The maximum Gasteiger partial charge on any atom is 0.164 e. The van der Waals surface area contributed by atoms with Crippen LogP contribution in [0.2, 0.25) is 0 Å². The lowest BCUT2D eigenvalue weighted by molar-refractivity contribution is 1.07. The predicted octanol–water partition coefficient (Wildman–Crippen LogP) is 14.6. The van der Waals surface area contributed by atoms with Crippen molar-refractivity contribution in [2.75, 3.05) is 0 Å². The Labute approximate surface area is 343 Å². The summed E-state index contributed by atoms with van der Waals surface area (Å²) in [4.78, 5) is 20.3. The quantitative estimate of drug-likeness (QED) is 0.164. The van der Waals surface area contributed by atoms with Gasteiger partial charge in [-0.3, -0.25) is 0 Å². The Morgan fingerprint density at radius 3 is 1.31 bits per heavy atom. The molecule has 12 rings (SSSR count). The van der Waals surface area contributed by atoms with Crippen LogP contribution < -0.4 is 0 Å². The van der Waals surface area contributed by atoms with E-state index in [0.29, 0.717) is 17.5 Å². The summed E-state index contributed by atoms with van der Waals surface area (Å²) in [5.74, 6) is 1.92. The summed E-state index contributed by atoms with van der Waals surface area (Å²) >= 11 is 1.81. The highest BCUT2D eigenvalue weighted by molar-refractivity contribution is 7.26. The molecule has 0 saturated carbocycles. The zero-order valence-electron chi connectivity index (χ0n) is 31.7. The fourth-order valence-electron chi connectivity index (χ4n) is 8.66. The number of pyridine rings is 1. The molecule has 274 valence electrons. The second-order valence-corrected chi connectivity index (χ2v) is 16.0. The third-order valence-corrected chi connectivity index (χ3v) is 12.7. The summed E-state index contributed by atoms with van der Waals surface area (Å²) in [6.07, 6.45) is 0. The fraction of sp³-hybridized carbons (Fsp3) is 0. The fourth-order valence-corrected chi connectivity index (χ4v) is 9.89. The predicted molar refractivity (Wildman–Crippen MR) is 248 cm³/mol. The zero-order valence-corrected chi connectivity index (χ0v) is 32.5. The molecular formula is C54H32N4S. The van der Waals surface area contributed by atoms with Crippen molar-refractivity contribution in [3.05, 3.63) is 194 Å². The van der Waals surface area contributed by atoms with Crippen LogP contribution in [-0.2, 0) is 0 Å². The van der Waals surface area contributed by atoms with Crippen LogP contribution in [0, 0.1) is 0 Å². The molecule has 0 spiro atoms. The minimum atomic E-state index is 0.628. The molecule has 0 bridgehead atoms. The Hall–Kier alpha value is -7.60. The number of hydrogen-bond donors (Lipinski definition) is 0. The molecule has 0 aliphatic rings. The van der Waals surface area contributed by atoms with Gasteiger partial charge in [0.2, 0.25) is 0 Å². The van der Waals surface area contributed by atoms with Gasteiger partial charge in [-0.05, 0) is 61.6 Å². The highest BCUT2D eigenvalue weighted by Crippen LogP contribution is 2.44. The molecule has 0 fully saturated rings. The van der Waals surface area contributed by atoms with Gasteiger partial charge in [0.05, 0.1) is 15.9 Å². The van der Waals surface area contributed by atoms with Crippen LogP contribution in [0.25, 0.3) is 120 Å². The van der Waals surface area contributed by atoms with Gasteiger partial charge in [-0.25, -0.2) is 19.9 Å². The molecule has 0 unspecified atom stereocenters. The molecule has 5 heteroatoms. The lowest BCUT2D eigenvalue weighted by Crippen LogP contribution is -2.00. The summed E-state index contributed by atoms with van der Waals surface area (Å²) in [6, 6.07) is 68.6. The molecule has 0 aliphatic heterocycles. The standard InChI is InChI=1S/C54H32N4S/c1-3-13-34(14-4-1)52-56-53(35-15-5-2-6-16-35)58-54(57-52)36-25-23-33(24-26-36)50-51-49(45-21-11-12-22-48(45)59-51)44-30-28-38(32-47(44)55-50)37-27-29-43-41-19-8-7-17-39(41)40-18-9-10-20-42(40)46(43)31-37/h1-32H. The summed E-state index contributed by atoms with van der Waals surface area (Å²) in [5.41, 5.74) is 8.11. The van der Waals surface area contributed by atoms with Gasteiger partial charge in [0.25, 0.3) is 0 Å². The molecule has 0 amide bonds. The number of thiophene rings is 1. The first kappa shape index (κ1) is 33.5. The molecule has 9 aromatic carbocycles. The molecule has 0 saturated heterocycles. The number of nitrogens with zero attached hydrogens (tertiary/aromatic N) is 4. The van der Waals surface area contributed by atoms with E-state index in [9.17, 15) is 0 Å². The summed E-state index contributed by atoms with van der Waals surface area (Å²) in [6.45, 7) is 0. The van der Waals surface area contributed by atoms with E-state index in [0.717, 1.165) is 44.4 Å². The van der Waals surface area contributed by atoms with Crippen LogP contribution in [0.4, 0.5) is 0 Å². The molecule has 3 aromatic heterocycles. The van der Waals surface area contributed by atoms with Crippen LogP contribution in [0.1, 0.15) is 0 Å². The molecule has 3 heterocycles. The van der Waals surface area contributed by atoms with Gasteiger partial charge in [-0.15, -0.1) is 11.3 Å². The minimum absolute atomic E-state index is 0.628. The normalized spacial score (nSPS) is 11.7. The Morgan fingerprint density at radius 2 is 0.712 bits per heavy atom. The Bertz CT molecular complexity index is 3500. The first-order valence-corrected chi connectivity index (χ1v) is 20.6. The van der Waals surface area contributed by atoms with Crippen molar-refractivity contribution in [1.29, 1.82) is 0 Å². The van der Waals surface area contributed by atoms with Gasteiger partial charge < -0.3 is 0 Å². The van der Waals surface area contributed by atoms with Crippen molar-refractivity contribution in [3.63, 3.8) is 0 Å². The highest BCUT2D eigenvalue weighted by atomic mass is 32.1. The number of aromatic nitrogens is 4. The summed E-state index contributed by atoms with van der Waals surface area (Å²) < 4.78 is 2.43. The highest BCUT2D eigenvalue weighted by Gasteiger charge is 2.18. The minimum Gasteiger partial charge on any atom is -0.246 e. The lowest BCUT2D eigenvalue weighted by Gasteiger charge is -2.13.